The highest BCUT2D eigenvalue weighted by Crippen LogP contribution is 2.23. The quantitative estimate of drug-likeness (QED) is 0.758. The monoisotopic (exact) mass is 253 g/mol. The van der Waals surface area contributed by atoms with Crippen molar-refractivity contribution in [1.29, 1.82) is 0 Å². The summed E-state index contributed by atoms with van der Waals surface area (Å²) in [5.74, 6) is 0.837. The Morgan fingerprint density at radius 3 is 2.22 bits per heavy atom. The third-order valence-corrected chi connectivity index (χ3v) is 4.94. The average Bonchev–Trinajstić information content (AvgIpc) is 2.38. The molecule has 0 aromatic rings. The molecule has 3 heteroatoms. The molecule has 2 aliphatic rings. The molecule has 2 fully saturated rings. The summed E-state index contributed by atoms with van der Waals surface area (Å²) in [6.07, 6.45) is 1.37. The molecule has 2 aliphatic heterocycles. The van der Waals surface area contributed by atoms with Crippen LogP contribution in [0, 0.1) is 5.92 Å². The van der Waals surface area contributed by atoms with E-state index in [9.17, 15) is 0 Å². The zero-order valence-electron chi connectivity index (χ0n) is 12.7. The van der Waals surface area contributed by atoms with Gasteiger partial charge in [-0.2, -0.15) is 0 Å². The Bertz CT molecular complexity index is 246. The highest BCUT2D eigenvalue weighted by atomic mass is 15.3. The predicted octanol–water partition coefficient (Wildman–Crippen LogP) is 1.74. The van der Waals surface area contributed by atoms with Crippen LogP contribution in [0.3, 0.4) is 0 Å². The van der Waals surface area contributed by atoms with Crippen LogP contribution in [0.15, 0.2) is 0 Å². The maximum absolute atomic E-state index is 2.76. The van der Waals surface area contributed by atoms with Gasteiger partial charge in [-0.1, -0.05) is 13.8 Å². The summed E-state index contributed by atoms with van der Waals surface area (Å²) < 4.78 is 0. The molecule has 18 heavy (non-hydrogen) atoms. The molecule has 0 bridgehead atoms. The average molecular weight is 253 g/mol. The Morgan fingerprint density at radius 2 is 1.72 bits per heavy atom. The first kappa shape index (κ1) is 14.3. The van der Waals surface area contributed by atoms with E-state index in [4.69, 9.17) is 0 Å². The molecule has 2 heterocycles. The number of rotatable bonds is 3. The molecular weight excluding hydrogens is 222 g/mol. The van der Waals surface area contributed by atoms with Crippen LogP contribution >= 0.6 is 0 Å². The van der Waals surface area contributed by atoms with E-state index in [2.05, 4.69) is 42.4 Å². The molecule has 0 N–H and O–H groups in total. The second-order valence-electron chi connectivity index (χ2n) is 6.39. The lowest BCUT2D eigenvalue weighted by Gasteiger charge is -2.46. The maximum Gasteiger partial charge on any atom is 0.0146 e. The minimum atomic E-state index is 0.714. The molecule has 0 aliphatic carbocycles. The van der Waals surface area contributed by atoms with Gasteiger partial charge in [-0.15, -0.1) is 0 Å². The number of likely N-dealkylation sites (tertiary alicyclic amines) is 1. The lowest BCUT2D eigenvalue weighted by Crippen LogP contribution is -2.57. The van der Waals surface area contributed by atoms with Crippen molar-refractivity contribution in [2.75, 3.05) is 45.8 Å². The van der Waals surface area contributed by atoms with Gasteiger partial charge in [0, 0.05) is 44.8 Å². The van der Waals surface area contributed by atoms with Crippen LogP contribution in [0.1, 0.15) is 34.1 Å². The van der Waals surface area contributed by atoms with E-state index in [1.54, 1.807) is 0 Å². The summed E-state index contributed by atoms with van der Waals surface area (Å²) in [4.78, 5) is 7.98. The Morgan fingerprint density at radius 1 is 1.06 bits per heavy atom. The van der Waals surface area contributed by atoms with Crippen LogP contribution in [0.5, 0.6) is 0 Å². The molecule has 106 valence electrons. The fourth-order valence-corrected chi connectivity index (χ4v) is 3.63. The van der Waals surface area contributed by atoms with Gasteiger partial charge in [0.1, 0.15) is 0 Å². The third-order valence-electron chi connectivity index (χ3n) is 4.94. The van der Waals surface area contributed by atoms with Crippen molar-refractivity contribution in [3.63, 3.8) is 0 Å². The van der Waals surface area contributed by atoms with Crippen molar-refractivity contribution < 1.29 is 0 Å². The number of piperazine rings is 1. The zero-order valence-corrected chi connectivity index (χ0v) is 12.7. The highest BCUT2D eigenvalue weighted by Gasteiger charge is 2.31. The van der Waals surface area contributed by atoms with Crippen molar-refractivity contribution in [2.45, 2.75) is 46.2 Å². The SMILES string of the molecule is CCN1CCC(N2CCN(C(C)C)CC2)[C@@H](C)C1. The lowest BCUT2D eigenvalue weighted by molar-refractivity contribution is 0.0229. The fourth-order valence-electron chi connectivity index (χ4n) is 3.63. The van der Waals surface area contributed by atoms with Gasteiger partial charge in [0.2, 0.25) is 0 Å². The van der Waals surface area contributed by atoms with Gasteiger partial charge in [-0.3, -0.25) is 9.80 Å². The van der Waals surface area contributed by atoms with Crippen molar-refractivity contribution in [1.82, 2.24) is 14.7 Å². The van der Waals surface area contributed by atoms with Crippen molar-refractivity contribution >= 4 is 0 Å². The summed E-state index contributed by atoms with van der Waals surface area (Å²) in [7, 11) is 0. The number of hydrogen-bond donors (Lipinski definition) is 0. The van der Waals surface area contributed by atoms with E-state index < -0.39 is 0 Å². The van der Waals surface area contributed by atoms with E-state index in [1.165, 1.54) is 52.2 Å². The van der Waals surface area contributed by atoms with Crippen molar-refractivity contribution in [3.8, 4) is 0 Å². The van der Waals surface area contributed by atoms with Crippen LogP contribution in [-0.4, -0.2) is 72.6 Å². The van der Waals surface area contributed by atoms with Crippen LogP contribution < -0.4 is 0 Å². The first-order valence-electron chi connectivity index (χ1n) is 7.82. The van der Waals surface area contributed by atoms with Gasteiger partial charge < -0.3 is 4.90 Å². The van der Waals surface area contributed by atoms with Crippen molar-refractivity contribution in [2.24, 2.45) is 5.92 Å². The van der Waals surface area contributed by atoms with Gasteiger partial charge in [-0.25, -0.2) is 0 Å². The molecule has 0 aromatic carbocycles. The molecule has 0 amide bonds. The molecule has 3 nitrogen and oxygen atoms in total. The molecular formula is C15H31N3. The third kappa shape index (κ3) is 3.25. The number of piperidine rings is 1. The van der Waals surface area contributed by atoms with E-state index in [0.29, 0.717) is 6.04 Å². The molecule has 0 spiro atoms. The molecule has 2 atom stereocenters. The van der Waals surface area contributed by atoms with Gasteiger partial charge in [-0.05, 0) is 39.3 Å². The molecule has 0 radical (unpaired) electrons. The summed E-state index contributed by atoms with van der Waals surface area (Å²) in [6.45, 7) is 18.3. The van der Waals surface area contributed by atoms with Gasteiger partial charge >= 0.3 is 0 Å². The smallest absolute Gasteiger partial charge is 0.0146 e. The Labute approximate surface area is 113 Å². The Kier molecular flexibility index (Phi) is 5.05. The van der Waals surface area contributed by atoms with Crippen LogP contribution in [0.25, 0.3) is 0 Å². The first-order chi connectivity index (χ1) is 8.61. The molecule has 1 unspecified atom stereocenters. The second kappa shape index (κ2) is 6.36. The van der Waals surface area contributed by atoms with E-state index in [0.717, 1.165) is 12.0 Å². The van der Waals surface area contributed by atoms with Crippen molar-refractivity contribution in [3.05, 3.63) is 0 Å². The highest BCUT2D eigenvalue weighted by molar-refractivity contribution is 4.87. The molecule has 2 saturated heterocycles. The standard InChI is InChI=1S/C15H31N3/c1-5-16-7-6-15(14(4)12-16)18-10-8-17(9-11-18)13(2)3/h13-15H,5-12H2,1-4H3/t14-,15?/m0/s1. The van der Waals surface area contributed by atoms with E-state index in [1.807, 2.05) is 0 Å². The molecule has 2 rings (SSSR count). The summed E-state index contributed by atoms with van der Waals surface area (Å²) in [5.41, 5.74) is 0. The first-order valence-corrected chi connectivity index (χ1v) is 7.82. The molecule has 0 saturated carbocycles. The Balaban J connectivity index is 1.83. The second-order valence-corrected chi connectivity index (χ2v) is 6.39. The van der Waals surface area contributed by atoms with Crippen LogP contribution in [0.4, 0.5) is 0 Å². The van der Waals surface area contributed by atoms with E-state index in [-0.39, 0.29) is 0 Å². The van der Waals surface area contributed by atoms with Gasteiger partial charge in [0.15, 0.2) is 0 Å². The maximum atomic E-state index is 2.76. The summed E-state index contributed by atoms with van der Waals surface area (Å²) >= 11 is 0. The summed E-state index contributed by atoms with van der Waals surface area (Å²) in [5, 5.41) is 0. The lowest BCUT2D eigenvalue weighted by atomic mass is 9.92. The van der Waals surface area contributed by atoms with Gasteiger partial charge in [0.05, 0.1) is 0 Å². The fraction of sp³-hybridized carbons (Fsp3) is 1.00. The predicted molar refractivity (Wildman–Crippen MR) is 78.0 cm³/mol. The van der Waals surface area contributed by atoms with Crippen LogP contribution in [-0.2, 0) is 0 Å². The minimum Gasteiger partial charge on any atom is -0.303 e. The van der Waals surface area contributed by atoms with Crippen LogP contribution in [0.2, 0.25) is 0 Å². The largest absolute Gasteiger partial charge is 0.303 e. The normalized spacial score (nSPS) is 33.2. The van der Waals surface area contributed by atoms with E-state index >= 15 is 0 Å². The Hall–Kier alpha value is -0.120. The topological polar surface area (TPSA) is 9.72 Å². The summed E-state index contributed by atoms with van der Waals surface area (Å²) in [6, 6.07) is 1.55. The minimum absolute atomic E-state index is 0.714. The number of hydrogen-bond acceptors (Lipinski definition) is 3. The number of nitrogens with zero attached hydrogens (tertiary/aromatic N) is 3. The molecule has 0 aromatic heterocycles. The van der Waals surface area contributed by atoms with Gasteiger partial charge in [0.25, 0.3) is 0 Å². The zero-order chi connectivity index (χ0) is 13.1.